The van der Waals surface area contributed by atoms with Crippen molar-refractivity contribution < 1.29 is 13.2 Å². The van der Waals surface area contributed by atoms with E-state index < -0.39 is 15.9 Å². The molecule has 0 bridgehead atoms. The molecule has 0 atom stereocenters. The monoisotopic (exact) mass is 299 g/mol. The summed E-state index contributed by atoms with van der Waals surface area (Å²) < 4.78 is 23.7. The van der Waals surface area contributed by atoms with Crippen LogP contribution in [0.2, 0.25) is 5.02 Å². The predicted octanol–water partition coefficient (Wildman–Crippen LogP) is 1.29. The molecule has 6 nitrogen and oxygen atoms in total. The number of hydrogen-bond acceptors (Lipinski definition) is 3. The van der Waals surface area contributed by atoms with Crippen LogP contribution < -0.4 is 10.3 Å². The molecular formula is C11H10ClN3O3S. The Morgan fingerprint density at radius 3 is 2.42 bits per heavy atom. The number of aromatic nitrogens is 1. The van der Waals surface area contributed by atoms with Crippen LogP contribution in [0.5, 0.6) is 0 Å². The number of amides is 1. The molecule has 1 heterocycles. The van der Waals surface area contributed by atoms with E-state index in [-0.39, 0.29) is 10.6 Å². The second kappa shape index (κ2) is 5.43. The minimum absolute atomic E-state index is 0.00341. The van der Waals surface area contributed by atoms with Gasteiger partial charge < -0.3 is 4.98 Å². The van der Waals surface area contributed by atoms with E-state index in [0.29, 0.717) is 5.02 Å². The quantitative estimate of drug-likeness (QED) is 0.743. The molecule has 2 aromatic rings. The summed E-state index contributed by atoms with van der Waals surface area (Å²) in [5.41, 5.74) is 2.35. The van der Waals surface area contributed by atoms with Gasteiger partial charge in [-0.2, -0.15) is 0 Å². The van der Waals surface area contributed by atoms with E-state index in [4.69, 9.17) is 11.6 Å². The van der Waals surface area contributed by atoms with Gasteiger partial charge in [-0.15, -0.1) is 4.83 Å². The first-order valence-corrected chi connectivity index (χ1v) is 7.06. The van der Waals surface area contributed by atoms with Gasteiger partial charge in [-0.05, 0) is 36.4 Å². The molecule has 3 N–H and O–H groups in total. The van der Waals surface area contributed by atoms with Crippen molar-refractivity contribution in [3.63, 3.8) is 0 Å². The number of hydrogen-bond donors (Lipinski definition) is 3. The second-order valence-corrected chi connectivity index (χ2v) is 5.72. The van der Waals surface area contributed by atoms with Crippen molar-refractivity contribution in [2.75, 3.05) is 0 Å². The number of carbonyl (C=O) groups excluding carboxylic acids is 1. The molecule has 1 amide bonds. The fourth-order valence-corrected chi connectivity index (χ4v) is 2.29. The van der Waals surface area contributed by atoms with E-state index in [1.807, 2.05) is 4.83 Å². The molecule has 2 rings (SSSR count). The lowest BCUT2D eigenvalue weighted by Gasteiger charge is -2.07. The van der Waals surface area contributed by atoms with Crippen molar-refractivity contribution in [3.05, 3.63) is 53.3 Å². The standard InChI is InChI=1S/C11H10ClN3O3S/c12-8-3-5-9(6-4-8)19(17,18)15-14-11(16)10-2-1-7-13-10/h1-7,13,15H,(H,14,16). The molecule has 19 heavy (non-hydrogen) atoms. The zero-order valence-electron chi connectivity index (χ0n) is 9.55. The van der Waals surface area contributed by atoms with Gasteiger partial charge in [0.2, 0.25) is 0 Å². The van der Waals surface area contributed by atoms with Gasteiger partial charge in [-0.1, -0.05) is 11.6 Å². The van der Waals surface area contributed by atoms with Crippen molar-refractivity contribution in [1.82, 2.24) is 15.2 Å². The summed E-state index contributed by atoms with van der Waals surface area (Å²) in [5, 5.41) is 0.425. The van der Waals surface area contributed by atoms with Gasteiger partial charge in [0.05, 0.1) is 4.90 Å². The number of benzene rings is 1. The number of H-pyrrole nitrogens is 1. The maximum absolute atomic E-state index is 11.8. The molecule has 8 heteroatoms. The molecule has 0 aliphatic rings. The van der Waals surface area contributed by atoms with E-state index in [9.17, 15) is 13.2 Å². The van der Waals surface area contributed by atoms with E-state index in [2.05, 4.69) is 10.4 Å². The zero-order chi connectivity index (χ0) is 13.9. The second-order valence-electron chi connectivity index (χ2n) is 3.60. The predicted molar refractivity (Wildman–Crippen MR) is 70.0 cm³/mol. The molecule has 0 aliphatic heterocycles. The highest BCUT2D eigenvalue weighted by Crippen LogP contribution is 2.13. The number of nitrogens with one attached hydrogen (secondary N) is 3. The Morgan fingerprint density at radius 1 is 1.16 bits per heavy atom. The topological polar surface area (TPSA) is 91.1 Å². The van der Waals surface area contributed by atoms with Gasteiger partial charge in [0.1, 0.15) is 5.69 Å². The van der Waals surface area contributed by atoms with Crippen molar-refractivity contribution in [1.29, 1.82) is 0 Å². The van der Waals surface area contributed by atoms with Gasteiger partial charge in [0.15, 0.2) is 0 Å². The van der Waals surface area contributed by atoms with Crippen molar-refractivity contribution in [3.8, 4) is 0 Å². The fourth-order valence-electron chi connectivity index (χ4n) is 1.33. The summed E-state index contributed by atoms with van der Waals surface area (Å²) in [7, 11) is -3.82. The van der Waals surface area contributed by atoms with E-state index in [1.54, 1.807) is 12.3 Å². The van der Waals surface area contributed by atoms with Crippen molar-refractivity contribution >= 4 is 27.5 Å². The van der Waals surface area contributed by atoms with Gasteiger partial charge in [0, 0.05) is 11.2 Å². The molecule has 0 fully saturated rings. The summed E-state index contributed by atoms with van der Waals surface area (Å²) in [6.07, 6.45) is 1.56. The zero-order valence-corrected chi connectivity index (χ0v) is 11.1. The Labute approximate surface area is 114 Å². The molecule has 0 radical (unpaired) electrons. The molecule has 0 aliphatic carbocycles. The number of halogens is 1. The minimum atomic E-state index is -3.82. The summed E-state index contributed by atoms with van der Waals surface area (Å²) in [5.74, 6) is -0.581. The van der Waals surface area contributed by atoms with Crippen LogP contribution in [0, 0.1) is 0 Å². The highest BCUT2D eigenvalue weighted by molar-refractivity contribution is 7.89. The summed E-state index contributed by atoms with van der Waals surface area (Å²) in [6, 6.07) is 8.72. The van der Waals surface area contributed by atoms with Crippen LogP contribution >= 0.6 is 11.6 Å². The van der Waals surface area contributed by atoms with Crippen LogP contribution in [0.3, 0.4) is 0 Å². The number of carbonyl (C=O) groups is 1. The Balaban J connectivity index is 2.06. The average Bonchev–Trinajstić information content (AvgIpc) is 2.90. The van der Waals surface area contributed by atoms with Crippen LogP contribution in [-0.2, 0) is 10.0 Å². The lowest BCUT2D eigenvalue weighted by molar-refractivity contribution is 0.0940. The van der Waals surface area contributed by atoms with E-state index in [1.165, 1.54) is 30.3 Å². The molecular weight excluding hydrogens is 290 g/mol. The van der Waals surface area contributed by atoms with E-state index in [0.717, 1.165) is 0 Å². The van der Waals surface area contributed by atoms with Gasteiger partial charge in [-0.3, -0.25) is 10.2 Å². The molecule has 0 unspecified atom stereocenters. The normalized spacial score (nSPS) is 11.2. The van der Waals surface area contributed by atoms with Crippen LogP contribution in [0.25, 0.3) is 0 Å². The first-order chi connectivity index (χ1) is 8.99. The number of sulfonamides is 1. The van der Waals surface area contributed by atoms with Gasteiger partial charge in [-0.25, -0.2) is 8.42 Å². The first kappa shape index (κ1) is 13.6. The maximum Gasteiger partial charge on any atom is 0.282 e. The largest absolute Gasteiger partial charge is 0.357 e. The molecule has 0 saturated carbocycles. The lowest BCUT2D eigenvalue weighted by atomic mass is 10.4. The van der Waals surface area contributed by atoms with Crippen LogP contribution in [-0.4, -0.2) is 19.3 Å². The molecule has 100 valence electrons. The smallest absolute Gasteiger partial charge is 0.282 e. The summed E-state index contributed by atoms with van der Waals surface area (Å²) >= 11 is 5.67. The highest BCUT2D eigenvalue weighted by atomic mass is 35.5. The van der Waals surface area contributed by atoms with Gasteiger partial charge >= 0.3 is 0 Å². The van der Waals surface area contributed by atoms with E-state index >= 15 is 0 Å². The third kappa shape index (κ3) is 3.34. The maximum atomic E-state index is 11.8. The summed E-state index contributed by atoms with van der Waals surface area (Å²) in [6.45, 7) is 0. The highest BCUT2D eigenvalue weighted by Gasteiger charge is 2.15. The Morgan fingerprint density at radius 2 is 1.84 bits per heavy atom. The van der Waals surface area contributed by atoms with Crippen LogP contribution in [0.1, 0.15) is 10.5 Å². The molecule has 0 saturated heterocycles. The van der Waals surface area contributed by atoms with Gasteiger partial charge in [0.25, 0.3) is 15.9 Å². The third-order valence-electron chi connectivity index (χ3n) is 2.27. The van der Waals surface area contributed by atoms with Crippen LogP contribution in [0.4, 0.5) is 0 Å². The fraction of sp³-hybridized carbons (Fsp3) is 0. The third-order valence-corrected chi connectivity index (χ3v) is 3.78. The van der Waals surface area contributed by atoms with Crippen molar-refractivity contribution in [2.24, 2.45) is 0 Å². The molecule has 1 aromatic heterocycles. The number of aromatic amines is 1. The Kier molecular flexibility index (Phi) is 3.89. The number of hydrazine groups is 1. The summed E-state index contributed by atoms with van der Waals surface area (Å²) in [4.78, 5) is 16.2. The number of rotatable bonds is 4. The Hall–Kier alpha value is -1.83. The Bertz CT molecular complexity index is 666. The lowest BCUT2D eigenvalue weighted by Crippen LogP contribution is -2.41. The minimum Gasteiger partial charge on any atom is -0.357 e. The molecule has 1 aromatic carbocycles. The van der Waals surface area contributed by atoms with Crippen LogP contribution in [0.15, 0.2) is 47.5 Å². The molecule has 0 spiro atoms. The van der Waals surface area contributed by atoms with Crippen molar-refractivity contribution in [2.45, 2.75) is 4.90 Å². The first-order valence-electron chi connectivity index (χ1n) is 5.20. The SMILES string of the molecule is O=C(NNS(=O)(=O)c1ccc(Cl)cc1)c1ccc[nH]1. The average molecular weight is 300 g/mol.